The summed E-state index contributed by atoms with van der Waals surface area (Å²) in [5, 5.41) is 69.1. The molecule has 1 aliphatic carbocycles. The monoisotopic (exact) mass is 448 g/mol. The molecule has 5 unspecified atom stereocenters. The van der Waals surface area contributed by atoms with Gasteiger partial charge in [0.2, 0.25) is 12.1 Å². The summed E-state index contributed by atoms with van der Waals surface area (Å²) in [4.78, 5) is 25.9. The third-order valence-corrected chi connectivity index (χ3v) is 5.50. The molecule has 2 aromatic rings. The van der Waals surface area contributed by atoms with Gasteiger partial charge in [0.05, 0.1) is 24.3 Å². The lowest BCUT2D eigenvalue weighted by Crippen LogP contribution is -2.60. The van der Waals surface area contributed by atoms with Crippen molar-refractivity contribution in [2.75, 3.05) is 6.61 Å². The fourth-order valence-corrected chi connectivity index (χ4v) is 3.85. The highest BCUT2D eigenvalue weighted by Gasteiger charge is 2.45. The number of rotatable bonds is 4. The molecule has 0 aromatic heterocycles. The van der Waals surface area contributed by atoms with Crippen LogP contribution in [0.15, 0.2) is 24.3 Å². The first-order chi connectivity index (χ1) is 15.2. The first kappa shape index (κ1) is 22.1. The number of phenols is 2. The van der Waals surface area contributed by atoms with Gasteiger partial charge in [0.25, 0.3) is 0 Å². The van der Waals surface area contributed by atoms with Crippen LogP contribution in [0.2, 0.25) is 0 Å². The minimum atomic E-state index is -1.73. The summed E-state index contributed by atoms with van der Waals surface area (Å²) >= 11 is 0. The van der Waals surface area contributed by atoms with Crippen LogP contribution in [0.5, 0.6) is 17.2 Å². The normalized spacial score (nSPS) is 27.1. The van der Waals surface area contributed by atoms with Crippen LogP contribution in [0.4, 0.5) is 0 Å². The van der Waals surface area contributed by atoms with E-state index < -0.39 is 67.0 Å². The quantitative estimate of drug-likeness (QED) is 0.247. The molecule has 0 spiro atoms. The van der Waals surface area contributed by atoms with Crippen molar-refractivity contribution in [1.82, 2.24) is 0 Å². The zero-order chi connectivity index (χ0) is 23.3. The van der Waals surface area contributed by atoms with E-state index in [4.69, 9.17) is 9.47 Å². The van der Waals surface area contributed by atoms with Crippen LogP contribution >= 0.6 is 0 Å². The van der Waals surface area contributed by atoms with Crippen molar-refractivity contribution < 1.29 is 54.8 Å². The molecule has 0 amide bonds. The van der Waals surface area contributed by atoms with Gasteiger partial charge >= 0.3 is 0 Å². The van der Waals surface area contributed by atoms with Crippen LogP contribution in [-0.4, -0.2) is 84.6 Å². The predicted molar refractivity (Wildman–Crippen MR) is 103 cm³/mol. The molecule has 11 heteroatoms. The third kappa shape index (κ3) is 3.41. The number of hydrogen-bond donors (Lipinski definition) is 7. The van der Waals surface area contributed by atoms with Gasteiger partial charge in [0.15, 0.2) is 5.78 Å². The van der Waals surface area contributed by atoms with Crippen molar-refractivity contribution in [3.63, 3.8) is 0 Å². The van der Waals surface area contributed by atoms with Gasteiger partial charge < -0.3 is 45.2 Å². The fraction of sp³-hybridized carbons (Fsp3) is 0.333. The summed E-state index contributed by atoms with van der Waals surface area (Å²) in [6, 6.07) is 4.49. The smallest absolute Gasteiger partial charge is 0.229 e. The molecule has 0 saturated carbocycles. The number of aromatic hydroxyl groups is 2. The highest BCUT2D eigenvalue weighted by molar-refractivity contribution is 6.30. The average molecular weight is 448 g/mol. The Kier molecular flexibility index (Phi) is 5.63. The van der Waals surface area contributed by atoms with Crippen LogP contribution in [-0.2, 0) is 11.3 Å². The van der Waals surface area contributed by atoms with Crippen molar-refractivity contribution in [3.05, 3.63) is 52.1 Å². The summed E-state index contributed by atoms with van der Waals surface area (Å²) in [7, 11) is 0. The van der Waals surface area contributed by atoms with Crippen molar-refractivity contribution in [1.29, 1.82) is 0 Å². The molecule has 2 aliphatic rings. The van der Waals surface area contributed by atoms with Crippen LogP contribution in [0.1, 0.15) is 37.4 Å². The topological polar surface area (TPSA) is 194 Å². The number of aliphatic hydroxyl groups excluding tert-OH is 5. The molecule has 7 N–H and O–H groups in total. The van der Waals surface area contributed by atoms with Crippen LogP contribution in [0.3, 0.4) is 0 Å². The average Bonchev–Trinajstić information content (AvgIpc) is 2.76. The second kappa shape index (κ2) is 8.13. The SMILES string of the molecule is O=C1c2cc(CO)cc(O)c2C(=O)c2c(O)cc(OC3OC(CO)C(O)C(O)C3O)cc21. The van der Waals surface area contributed by atoms with Gasteiger partial charge in [-0.25, -0.2) is 0 Å². The standard InChI is InChI=1S/C21H20O11/c22-5-7-1-9-14(11(24)2-7)18(28)15-10(16(9)26)3-8(4-12(15)25)31-21-20(30)19(29)17(27)13(6-23)32-21/h1-4,13,17,19-25,27,29-30H,5-6H2. The van der Waals surface area contributed by atoms with E-state index in [2.05, 4.69) is 0 Å². The molecule has 5 atom stereocenters. The summed E-state index contributed by atoms with van der Waals surface area (Å²) in [5.41, 5.74) is -0.899. The van der Waals surface area contributed by atoms with Gasteiger partial charge in [0, 0.05) is 17.2 Å². The number of carbonyl (C=O) groups excluding carboxylic acids is 2. The third-order valence-electron chi connectivity index (χ3n) is 5.50. The summed E-state index contributed by atoms with van der Waals surface area (Å²) < 4.78 is 10.7. The molecule has 1 saturated heterocycles. The highest BCUT2D eigenvalue weighted by Crippen LogP contribution is 2.40. The lowest BCUT2D eigenvalue weighted by atomic mass is 9.82. The van der Waals surface area contributed by atoms with Crippen molar-refractivity contribution in [3.8, 4) is 17.2 Å². The maximum Gasteiger partial charge on any atom is 0.229 e. The molecule has 170 valence electrons. The number of benzene rings is 2. The Bertz CT molecular complexity index is 1090. The zero-order valence-corrected chi connectivity index (χ0v) is 16.4. The first-order valence-corrected chi connectivity index (χ1v) is 9.58. The van der Waals surface area contributed by atoms with E-state index >= 15 is 0 Å². The molecule has 4 rings (SSSR count). The Hall–Kier alpha value is -3.06. The van der Waals surface area contributed by atoms with Crippen LogP contribution in [0.25, 0.3) is 0 Å². The molecular formula is C21H20O11. The van der Waals surface area contributed by atoms with Gasteiger partial charge in [-0.05, 0) is 23.8 Å². The summed E-state index contributed by atoms with van der Waals surface area (Å²) in [5.74, 6) is -2.91. The summed E-state index contributed by atoms with van der Waals surface area (Å²) in [6.45, 7) is -1.17. The minimum Gasteiger partial charge on any atom is -0.507 e. The van der Waals surface area contributed by atoms with Crippen LogP contribution in [0, 0.1) is 0 Å². The minimum absolute atomic E-state index is 0.170. The van der Waals surface area contributed by atoms with Gasteiger partial charge in [-0.3, -0.25) is 9.59 Å². The largest absolute Gasteiger partial charge is 0.507 e. The van der Waals surface area contributed by atoms with E-state index in [1.54, 1.807) is 0 Å². The molecule has 32 heavy (non-hydrogen) atoms. The molecule has 11 nitrogen and oxygen atoms in total. The maximum atomic E-state index is 13.0. The lowest BCUT2D eigenvalue weighted by Gasteiger charge is -2.39. The number of ketones is 2. The Labute approximate surface area is 180 Å². The predicted octanol–water partition coefficient (Wildman–Crippen LogP) is -1.46. The first-order valence-electron chi connectivity index (χ1n) is 9.58. The number of ether oxygens (including phenoxy) is 2. The molecular weight excluding hydrogens is 428 g/mol. The molecule has 1 aliphatic heterocycles. The second-order valence-corrected chi connectivity index (χ2v) is 7.53. The Balaban J connectivity index is 1.72. The van der Waals surface area contributed by atoms with Crippen molar-refractivity contribution in [2.24, 2.45) is 0 Å². The molecule has 2 aromatic carbocycles. The number of carbonyl (C=O) groups is 2. The van der Waals surface area contributed by atoms with Crippen molar-refractivity contribution >= 4 is 11.6 Å². The number of hydrogen-bond acceptors (Lipinski definition) is 11. The van der Waals surface area contributed by atoms with Gasteiger partial charge in [0.1, 0.15) is 41.7 Å². The van der Waals surface area contributed by atoms with E-state index in [0.29, 0.717) is 0 Å². The molecule has 0 radical (unpaired) electrons. The Morgan fingerprint density at radius 1 is 0.812 bits per heavy atom. The van der Waals surface area contributed by atoms with Gasteiger partial charge in [-0.1, -0.05) is 0 Å². The fourth-order valence-electron chi connectivity index (χ4n) is 3.85. The molecule has 0 bridgehead atoms. The van der Waals surface area contributed by atoms with Gasteiger partial charge in [-0.2, -0.15) is 0 Å². The molecule has 1 fully saturated rings. The van der Waals surface area contributed by atoms with Gasteiger partial charge in [-0.15, -0.1) is 0 Å². The van der Waals surface area contributed by atoms with E-state index in [1.807, 2.05) is 0 Å². The number of phenolic OH excluding ortho intramolecular Hbond substituents is 2. The van der Waals surface area contributed by atoms with Crippen LogP contribution < -0.4 is 4.74 Å². The van der Waals surface area contributed by atoms with E-state index in [1.165, 1.54) is 6.07 Å². The Morgan fingerprint density at radius 2 is 1.44 bits per heavy atom. The number of fused-ring (bicyclic) bond motifs is 2. The van der Waals surface area contributed by atoms with Crippen molar-refractivity contribution in [2.45, 2.75) is 37.3 Å². The van der Waals surface area contributed by atoms with E-state index in [-0.39, 0.29) is 33.6 Å². The maximum absolute atomic E-state index is 13.0. The molecule has 1 heterocycles. The number of aliphatic hydroxyl groups is 5. The van der Waals surface area contributed by atoms with E-state index in [0.717, 1.165) is 18.2 Å². The lowest BCUT2D eigenvalue weighted by molar-refractivity contribution is -0.277. The second-order valence-electron chi connectivity index (χ2n) is 7.53. The summed E-state index contributed by atoms with van der Waals surface area (Å²) in [6.07, 6.45) is -7.84. The highest BCUT2D eigenvalue weighted by atomic mass is 16.7. The Morgan fingerprint density at radius 3 is 2.06 bits per heavy atom. The zero-order valence-electron chi connectivity index (χ0n) is 16.4. The van der Waals surface area contributed by atoms with E-state index in [9.17, 15) is 45.3 Å².